The molecule has 15 heavy (non-hydrogen) atoms. The Kier molecular flexibility index (Phi) is 2.20. The van der Waals surface area contributed by atoms with Crippen molar-refractivity contribution in [1.82, 2.24) is 15.3 Å². The van der Waals surface area contributed by atoms with Gasteiger partial charge in [-0.05, 0) is 44.1 Å². The average Bonchev–Trinajstić information content (AvgIpc) is 2.89. The van der Waals surface area contributed by atoms with Crippen LogP contribution in [0.2, 0.25) is 0 Å². The summed E-state index contributed by atoms with van der Waals surface area (Å²) in [7, 11) is 2.04. The third kappa shape index (κ3) is 1.65. The normalized spacial score (nSPS) is 34.9. The Morgan fingerprint density at radius 1 is 1.20 bits per heavy atom. The minimum absolute atomic E-state index is 0.457. The van der Waals surface area contributed by atoms with Crippen LogP contribution in [0.5, 0.6) is 0 Å². The summed E-state index contributed by atoms with van der Waals surface area (Å²) in [5.41, 5.74) is 1.24. The van der Waals surface area contributed by atoms with Crippen molar-refractivity contribution in [2.24, 2.45) is 17.8 Å². The van der Waals surface area contributed by atoms with Gasteiger partial charge in [0.05, 0.1) is 0 Å². The maximum absolute atomic E-state index is 4.10. The van der Waals surface area contributed by atoms with E-state index in [9.17, 15) is 0 Å². The van der Waals surface area contributed by atoms with E-state index in [1.165, 1.54) is 24.8 Å². The molecule has 0 spiro atoms. The SMILES string of the molecule is CNC(c1cncnc1)C1CC2CC2C1. The summed E-state index contributed by atoms with van der Waals surface area (Å²) in [5.74, 6) is 2.87. The molecule has 80 valence electrons. The fraction of sp³-hybridized carbons (Fsp3) is 0.667. The predicted molar refractivity (Wildman–Crippen MR) is 58.2 cm³/mol. The largest absolute Gasteiger partial charge is 0.313 e. The van der Waals surface area contributed by atoms with Crippen LogP contribution in [0.3, 0.4) is 0 Å². The number of hydrogen-bond acceptors (Lipinski definition) is 3. The minimum Gasteiger partial charge on any atom is -0.313 e. The third-order valence-electron chi connectivity index (χ3n) is 4.00. The van der Waals surface area contributed by atoms with E-state index in [0.717, 1.165) is 17.8 Å². The topological polar surface area (TPSA) is 37.8 Å². The van der Waals surface area contributed by atoms with Crippen molar-refractivity contribution in [1.29, 1.82) is 0 Å². The molecule has 0 amide bonds. The molecule has 1 N–H and O–H groups in total. The van der Waals surface area contributed by atoms with E-state index in [2.05, 4.69) is 15.3 Å². The van der Waals surface area contributed by atoms with Gasteiger partial charge >= 0.3 is 0 Å². The summed E-state index contributed by atoms with van der Waals surface area (Å²) in [5, 5.41) is 3.42. The van der Waals surface area contributed by atoms with Crippen molar-refractivity contribution in [3.8, 4) is 0 Å². The molecule has 3 unspecified atom stereocenters. The molecule has 3 rings (SSSR count). The van der Waals surface area contributed by atoms with E-state index < -0.39 is 0 Å². The van der Waals surface area contributed by atoms with Gasteiger partial charge in [0.1, 0.15) is 6.33 Å². The van der Waals surface area contributed by atoms with Crippen molar-refractivity contribution < 1.29 is 0 Å². The summed E-state index contributed by atoms with van der Waals surface area (Å²) in [4.78, 5) is 8.21. The fourth-order valence-electron chi connectivity index (χ4n) is 3.18. The number of rotatable bonds is 3. The van der Waals surface area contributed by atoms with Gasteiger partial charge < -0.3 is 5.32 Å². The zero-order chi connectivity index (χ0) is 10.3. The molecule has 0 bridgehead atoms. The van der Waals surface area contributed by atoms with Crippen molar-refractivity contribution in [3.63, 3.8) is 0 Å². The van der Waals surface area contributed by atoms with Crippen LogP contribution in [0.1, 0.15) is 30.9 Å². The van der Waals surface area contributed by atoms with E-state index in [1.54, 1.807) is 6.33 Å². The van der Waals surface area contributed by atoms with Crippen LogP contribution >= 0.6 is 0 Å². The highest BCUT2D eigenvalue weighted by molar-refractivity contribution is 5.13. The maximum atomic E-state index is 4.10. The molecule has 0 aliphatic heterocycles. The van der Waals surface area contributed by atoms with E-state index in [1.807, 2.05) is 19.4 Å². The second kappa shape index (κ2) is 3.56. The van der Waals surface area contributed by atoms with Crippen LogP contribution in [-0.2, 0) is 0 Å². The molecule has 2 aliphatic rings. The molecule has 3 nitrogen and oxygen atoms in total. The van der Waals surface area contributed by atoms with Crippen molar-refractivity contribution in [2.45, 2.75) is 25.3 Å². The molecule has 1 aromatic rings. The molecular formula is C12H17N3. The van der Waals surface area contributed by atoms with Gasteiger partial charge in [0.25, 0.3) is 0 Å². The smallest absolute Gasteiger partial charge is 0.115 e. The molecule has 0 radical (unpaired) electrons. The fourth-order valence-corrected chi connectivity index (χ4v) is 3.18. The maximum Gasteiger partial charge on any atom is 0.115 e. The van der Waals surface area contributed by atoms with E-state index >= 15 is 0 Å². The first kappa shape index (κ1) is 9.28. The van der Waals surface area contributed by atoms with Gasteiger partial charge in [-0.15, -0.1) is 0 Å². The number of hydrogen-bond donors (Lipinski definition) is 1. The Bertz CT molecular complexity index is 328. The van der Waals surface area contributed by atoms with Gasteiger partial charge in [-0.25, -0.2) is 9.97 Å². The highest BCUT2D eigenvalue weighted by Crippen LogP contribution is 2.56. The lowest BCUT2D eigenvalue weighted by Crippen LogP contribution is -2.24. The Morgan fingerprint density at radius 2 is 1.87 bits per heavy atom. The van der Waals surface area contributed by atoms with E-state index in [4.69, 9.17) is 0 Å². The Balaban J connectivity index is 1.76. The van der Waals surface area contributed by atoms with Gasteiger partial charge in [0.2, 0.25) is 0 Å². The molecule has 2 fully saturated rings. The lowest BCUT2D eigenvalue weighted by molar-refractivity contribution is 0.358. The van der Waals surface area contributed by atoms with Gasteiger partial charge in [-0.2, -0.15) is 0 Å². The lowest BCUT2D eigenvalue weighted by atomic mass is 9.91. The zero-order valence-corrected chi connectivity index (χ0v) is 9.06. The summed E-state index contributed by atoms with van der Waals surface area (Å²) < 4.78 is 0. The first-order valence-electron chi connectivity index (χ1n) is 5.80. The Labute approximate surface area is 90.3 Å². The second-order valence-electron chi connectivity index (χ2n) is 4.93. The molecule has 3 heteroatoms. The van der Waals surface area contributed by atoms with E-state index in [0.29, 0.717) is 6.04 Å². The van der Waals surface area contributed by atoms with Gasteiger partial charge in [-0.3, -0.25) is 0 Å². The summed E-state index contributed by atoms with van der Waals surface area (Å²) in [6.45, 7) is 0. The van der Waals surface area contributed by atoms with Gasteiger partial charge in [0, 0.05) is 24.0 Å². The number of nitrogens with zero attached hydrogens (tertiary/aromatic N) is 2. The monoisotopic (exact) mass is 203 g/mol. The van der Waals surface area contributed by atoms with Crippen molar-refractivity contribution >= 4 is 0 Å². The first-order chi connectivity index (χ1) is 7.38. The van der Waals surface area contributed by atoms with Crippen LogP contribution < -0.4 is 5.32 Å². The molecule has 2 saturated carbocycles. The molecular weight excluding hydrogens is 186 g/mol. The standard InChI is InChI=1S/C12H17N3/c1-13-12(11-5-14-7-15-6-11)10-3-8-2-9(8)4-10/h5-10,12-13H,2-4H2,1H3. The second-order valence-corrected chi connectivity index (χ2v) is 4.93. The van der Waals surface area contributed by atoms with Gasteiger partial charge in [0.15, 0.2) is 0 Å². The van der Waals surface area contributed by atoms with Gasteiger partial charge in [-0.1, -0.05) is 0 Å². The summed E-state index contributed by atoms with van der Waals surface area (Å²) in [6, 6.07) is 0.457. The van der Waals surface area contributed by atoms with Crippen LogP contribution in [0, 0.1) is 17.8 Å². The average molecular weight is 203 g/mol. The van der Waals surface area contributed by atoms with Crippen LogP contribution in [0.4, 0.5) is 0 Å². The first-order valence-corrected chi connectivity index (χ1v) is 5.80. The predicted octanol–water partition coefficient (Wildman–Crippen LogP) is 1.78. The Hall–Kier alpha value is -0.960. The molecule has 1 heterocycles. The Morgan fingerprint density at radius 3 is 2.47 bits per heavy atom. The van der Waals surface area contributed by atoms with Crippen molar-refractivity contribution in [2.75, 3.05) is 7.05 Å². The number of nitrogens with one attached hydrogen (secondary N) is 1. The third-order valence-corrected chi connectivity index (χ3v) is 4.00. The number of fused-ring (bicyclic) bond motifs is 1. The molecule has 0 aromatic carbocycles. The summed E-state index contributed by atoms with van der Waals surface area (Å²) in [6.07, 6.45) is 9.76. The molecule has 0 saturated heterocycles. The quantitative estimate of drug-likeness (QED) is 0.813. The lowest BCUT2D eigenvalue weighted by Gasteiger charge is -2.24. The van der Waals surface area contributed by atoms with Crippen LogP contribution in [0.15, 0.2) is 18.7 Å². The highest BCUT2D eigenvalue weighted by Gasteiger charge is 2.47. The highest BCUT2D eigenvalue weighted by atomic mass is 14.9. The van der Waals surface area contributed by atoms with E-state index in [-0.39, 0.29) is 0 Å². The molecule has 1 aromatic heterocycles. The minimum atomic E-state index is 0.457. The zero-order valence-electron chi connectivity index (χ0n) is 9.06. The summed E-state index contributed by atoms with van der Waals surface area (Å²) >= 11 is 0. The molecule has 2 aliphatic carbocycles. The molecule has 3 atom stereocenters. The van der Waals surface area contributed by atoms with Crippen molar-refractivity contribution in [3.05, 3.63) is 24.3 Å². The van der Waals surface area contributed by atoms with Crippen LogP contribution in [-0.4, -0.2) is 17.0 Å². The number of aromatic nitrogens is 2. The van der Waals surface area contributed by atoms with Crippen LogP contribution in [0.25, 0.3) is 0 Å².